The number of carbonyl (C=O) groups is 1. The number of nitrogens with one attached hydrogen (secondary N) is 1. The van der Waals surface area contributed by atoms with Gasteiger partial charge in [-0.2, -0.15) is 4.39 Å². The van der Waals surface area contributed by atoms with Crippen molar-refractivity contribution in [3.05, 3.63) is 33.9 Å². The van der Waals surface area contributed by atoms with Crippen molar-refractivity contribution in [3.8, 4) is 0 Å². The molecule has 0 spiro atoms. The lowest BCUT2D eigenvalue weighted by atomic mass is 10.2. The van der Waals surface area contributed by atoms with Crippen molar-refractivity contribution in [1.29, 1.82) is 0 Å². The van der Waals surface area contributed by atoms with Gasteiger partial charge in [0.1, 0.15) is 5.82 Å². The molecule has 1 unspecified atom stereocenters. The van der Waals surface area contributed by atoms with E-state index in [0.717, 1.165) is 0 Å². The summed E-state index contributed by atoms with van der Waals surface area (Å²) >= 11 is 3.04. The van der Waals surface area contributed by atoms with Gasteiger partial charge in [-0.05, 0) is 6.42 Å². The Morgan fingerprint density at radius 2 is 2.11 bits per heavy atom. The lowest BCUT2D eigenvalue weighted by molar-refractivity contribution is -0.387. The Kier molecular flexibility index (Phi) is 4.71. The fourth-order valence-corrected chi connectivity index (χ4v) is 1.28. The molecule has 1 amide bonds. The van der Waals surface area contributed by atoms with E-state index in [1.807, 2.05) is 0 Å². The fourth-order valence-electron chi connectivity index (χ4n) is 1.17. The molecule has 0 heterocycles. The van der Waals surface area contributed by atoms with Gasteiger partial charge in [-0.25, -0.2) is 4.39 Å². The number of nitro groups is 1. The maximum Gasteiger partial charge on any atom is 0.307 e. The first-order valence-corrected chi connectivity index (χ1v) is 5.86. The molecule has 1 aromatic carbocycles. The van der Waals surface area contributed by atoms with Crippen LogP contribution < -0.4 is 5.32 Å². The second-order valence-electron chi connectivity index (χ2n) is 3.41. The summed E-state index contributed by atoms with van der Waals surface area (Å²) in [6.45, 7) is 1.72. The number of alkyl halides is 1. The number of amides is 1. The second kappa shape index (κ2) is 5.85. The van der Waals surface area contributed by atoms with Crippen LogP contribution in [0.4, 0.5) is 20.2 Å². The summed E-state index contributed by atoms with van der Waals surface area (Å²) in [4.78, 5) is 20.4. The van der Waals surface area contributed by atoms with Crippen molar-refractivity contribution < 1.29 is 18.5 Å². The van der Waals surface area contributed by atoms with Gasteiger partial charge >= 0.3 is 5.69 Å². The molecule has 1 aromatic rings. The third kappa shape index (κ3) is 3.22. The zero-order chi connectivity index (χ0) is 13.9. The van der Waals surface area contributed by atoms with Crippen LogP contribution in [0.3, 0.4) is 0 Å². The Hall–Kier alpha value is -1.57. The minimum absolute atomic E-state index is 0.364. The minimum atomic E-state index is -1.29. The number of nitrogens with zero attached hydrogens (tertiary/aromatic N) is 1. The summed E-state index contributed by atoms with van der Waals surface area (Å²) in [5.41, 5.74) is -1.32. The van der Waals surface area contributed by atoms with Crippen LogP contribution in [0.25, 0.3) is 0 Å². The van der Waals surface area contributed by atoms with Crippen molar-refractivity contribution in [2.24, 2.45) is 0 Å². The van der Waals surface area contributed by atoms with E-state index in [1.54, 1.807) is 6.92 Å². The number of rotatable bonds is 4. The Bertz CT molecular complexity index is 496. The van der Waals surface area contributed by atoms with Crippen molar-refractivity contribution in [3.63, 3.8) is 0 Å². The smallest absolute Gasteiger partial charge is 0.307 e. The van der Waals surface area contributed by atoms with Crippen molar-refractivity contribution >= 4 is 33.2 Å². The quantitative estimate of drug-likeness (QED) is 0.526. The standard InChI is InChI=1S/C10H9BrF2N2O3/c1-2-5(11)10(16)14-8-4-9(15(17)18)7(13)3-6(8)12/h3-5H,2H2,1H3,(H,14,16). The molecule has 0 aliphatic carbocycles. The van der Waals surface area contributed by atoms with Crippen molar-refractivity contribution in [1.82, 2.24) is 0 Å². The number of halogens is 3. The number of anilines is 1. The van der Waals surface area contributed by atoms with Crippen molar-refractivity contribution in [2.75, 3.05) is 5.32 Å². The first-order valence-electron chi connectivity index (χ1n) is 4.95. The monoisotopic (exact) mass is 322 g/mol. The van der Waals surface area contributed by atoms with Gasteiger partial charge in [-0.1, -0.05) is 22.9 Å². The molecule has 0 saturated carbocycles. The van der Waals surface area contributed by atoms with Gasteiger partial charge in [0, 0.05) is 12.1 Å². The highest BCUT2D eigenvalue weighted by atomic mass is 79.9. The van der Waals surface area contributed by atoms with Crippen LogP contribution in [0, 0.1) is 21.7 Å². The SMILES string of the molecule is CCC(Br)C(=O)Nc1cc([N+](=O)[O-])c(F)cc1F. The Morgan fingerprint density at radius 3 is 2.61 bits per heavy atom. The highest BCUT2D eigenvalue weighted by Crippen LogP contribution is 2.25. The van der Waals surface area contributed by atoms with Crippen LogP contribution in [0.15, 0.2) is 12.1 Å². The van der Waals surface area contributed by atoms with Crippen LogP contribution in [-0.4, -0.2) is 15.7 Å². The van der Waals surface area contributed by atoms with Gasteiger partial charge in [-0.15, -0.1) is 0 Å². The fraction of sp³-hybridized carbons (Fsp3) is 0.300. The van der Waals surface area contributed by atoms with Gasteiger partial charge < -0.3 is 5.32 Å². The maximum atomic E-state index is 13.3. The molecule has 8 heteroatoms. The van der Waals surface area contributed by atoms with Gasteiger partial charge in [0.15, 0.2) is 0 Å². The molecule has 1 rings (SSSR count). The Labute approximate surface area is 109 Å². The normalized spacial score (nSPS) is 12.0. The molecule has 98 valence electrons. The van der Waals surface area contributed by atoms with Crippen LogP contribution in [0.1, 0.15) is 13.3 Å². The number of hydrogen-bond acceptors (Lipinski definition) is 3. The molecule has 0 fully saturated rings. The topological polar surface area (TPSA) is 72.2 Å². The summed E-state index contributed by atoms with van der Waals surface area (Å²) in [5.74, 6) is -2.92. The van der Waals surface area contributed by atoms with E-state index in [2.05, 4.69) is 21.2 Å². The number of hydrogen-bond donors (Lipinski definition) is 1. The van der Waals surface area contributed by atoms with Gasteiger partial charge in [0.05, 0.1) is 15.4 Å². The lowest BCUT2D eigenvalue weighted by Gasteiger charge is -2.09. The molecule has 0 radical (unpaired) electrons. The molecule has 0 aromatic heterocycles. The molecule has 0 bridgehead atoms. The molecule has 18 heavy (non-hydrogen) atoms. The summed E-state index contributed by atoms with van der Waals surface area (Å²) < 4.78 is 26.4. The number of nitro benzene ring substituents is 1. The summed E-state index contributed by atoms with van der Waals surface area (Å²) in [6, 6.07) is 1.01. The molecule has 5 nitrogen and oxygen atoms in total. The lowest BCUT2D eigenvalue weighted by Crippen LogP contribution is -2.22. The molecule has 0 aliphatic heterocycles. The van der Waals surface area contributed by atoms with E-state index in [9.17, 15) is 23.7 Å². The Balaban J connectivity index is 3.06. The van der Waals surface area contributed by atoms with E-state index in [0.29, 0.717) is 18.6 Å². The van der Waals surface area contributed by atoms with E-state index in [1.165, 1.54) is 0 Å². The van der Waals surface area contributed by atoms with E-state index < -0.39 is 38.7 Å². The molecule has 1 atom stereocenters. The van der Waals surface area contributed by atoms with Crippen molar-refractivity contribution in [2.45, 2.75) is 18.2 Å². The zero-order valence-electron chi connectivity index (χ0n) is 9.25. The van der Waals surface area contributed by atoms with Crippen LogP contribution >= 0.6 is 15.9 Å². The number of benzene rings is 1. The number of carbonyl (C=O) groups excluding carboxylic acids is 1. The highest BCUT2D eigenvalue weighted by molar-refractivity contribution is 9.10. The Morgan fingerprint density at radius 1 is 1.50 bits per heavy atom. The highest BCUT2D eigenvalue weighted by Gasteiger charge is 2.21. The molecule has 0 aliphatic rings. The zero-order valence-corrected chi connectivity index (χ0v) is 10.8. The van der Waals surface area contributed by atoms with Crippen LogP contribution in [0.5, 0.6) is 0 Å². The van der Waals surface area contributed by atoms with E-state index in [4.69, 9.17) is 0 Å². The van der Waals surface area contributed by atoms with E-state index >= 15 is 0 Å². The average molecular weight is 323 g/mol. The molecular formula is C10H9BrF2N2O3. The molecule has 1 N–H and O–H groups in total. The second-order valence-corrected chi connectivity index (χ2v) is 4.51. The average Bonchev–Trinajstić information content (AvgIpc) is 2.30. The van der Waals surface area contributed by atoms with Gasteiger partial charge in [-0.3, -0.25) is 14.9 Å². The third-order valence-electron chi connectivity index (χ3n) is 2.13. The molecular weight excluding hydrogens is 314 g/mol. The maximum absolute atomic E-state index is 13.3. The summed E-state index contributed by atoms with van der Waals surface area (Å²) in [6.07, 6.45) is 0.455. The predicted molar refractivity (Wildman–Crippen MR) is 64.6 cm³/mol. The first-order chi connectivity index (χ1) is 8.36. The van der Waals surface area contributed by atoms with Crippen LogP contribution in [0.2, 0.25) is 0 Å². The largest absolute Gasteiger partial charge is 0.322 e. The molecule has 0 saturated heterocycles. The first kappa shape index (κ1) is 14.5. The van der Waals surface area contributed by atoms with E-state index in [-0.39, 0.29) is 0 Å². The predicted octanol–water partition coefficient (Wildman–Crippen LogP) is 2.99. The summed E-state index contributed by atoms with van der Waals surface area (Å²) in [7, 11) is 0. The summed E-state index contributed by atoms with van der Waals surface area (Å²) in [5, 5.41) is 12.6. The van der Waals surface area contributed by atoms with Gasteiger partial charge in [0.2, 0.25) is 11.7 Å². The van der Waals surface area contributed by atoms with Crippen LogP contribution in [-0.2, 0) is 4.79 Å². The minimum Gasteiger partial charge on any atom is -0.322 e. The van der Waals surface area contributed by atoms with Gasteiger partial charge in [0.25, 0.3) is 0 Å². The third-order valence-corrected chi connectivity index (χ3v) is 3.20.